The zero-order chi connectivity index (χ0) is 11.8. The number of nitrogens with one attached hydrogen (secondary N) is 1. The van der Waals surface area contributed by atoms with Crippen LogP contribution >= 0.6 is 11.5 Å². The SMILES string of the molecule is COc1cc(C(C)NCCCCC#N)sn1. The summed E-state index contributed by atoms with van der Waals surface area (Å²) < 4.78 is 9.19. The fraction of sp³-hybridized carbons (Fsp3) is 0.636. The maximum Gasteiger partial charge on any atom is 0.225 e. The van der Waals surface area contributed by atoms with Crippen LogP contribution in [0.15, 0.2) is 6.07 Å². The van der Waals surface area contributed by atoms with E-state index < -0.39 is 0 Å². The molecule has 1 aromatic heterocycles. The fourth-order valence-corrected chi connectivity index (χ4v) is 2.04. The molecule has 1 N–H and O–H groups in total. The molecule has 0 radical (unpaired) electrons. The molecule has 0 amide bonds. The fourth-order valence-electron chi connectivity index (χ4n) is 1.32. The Morgan fingerprint density at radius 3 is 3.06 bits per heavy atom. The maximum absolute atomic E-state index is 8.39. The number of rotatable bonds is 7. The Labute approximate surface area is 100 Å². The first-order valence-corrected chi connectivity index (χ1v) is 6.16. The molecule has 1 atom stereocenters. The summed E-state index contributed by atoms with van der Waals surface area (Å²) in [5.74, 6) is 0.679. The number of hydrogen-bond donors (Lipinski definition) is 1. The molecule has 0 aliphatic rings. The minimum absolute atomic E-state index is 0.295. The second-order valence-electron chi connectivity index (χ2n) is 3.56. The summed E-state index contributed by atoms with van der Waals surface area (Å²) in [4.78, 5) is 1.18. The lowest BCUT2D eigenvalue weighted by Gasteiger charge is -2.10. The van der Waals surface area contributed by atoms with E-state index in [1.54, 1.807) is 7.11 Å². The van der Waals surface area contributed by atoms with E-state index in [0.717, 1.165) is 19.4 Å². The highest BCUT2D eigenvalue weighted by molar-refractivity contribution is 7.06. The molecular formula is C11H17N3OS. The Kier molecular flexibility index (Phi) is 5.83. The first-order chi connectivity index (χ1) is 7.77. The van der Waals surface area contributed by atoms with Gasteiger partial charge in [-0.1, -0.05) is 0 Å². The molecule has 0 bridgehead atoms. The average molecular weight is 239 g/mol. The van der Waals surface area contributed by atoms with Crippen molar-refractivity contribution in [3.63, 3.8) is 0 Å². The topological polar surface area (TPSA) is 57.9 Å². The molecule has 4 nitrogen and oxygen atoms in total. The van der Waals surface area contributed by atoms with Crippen molar-refractivity contribution in [2.45, 2.75) is 32.2 Å². The number of unbranched alkanes of at least 4 members (excludes halogenated alkanes) is 2. The Morgan fingerprint density at radius 2 is 2.44 bits per heavy atom. The van der Waals surface area contributed by atoms with Gasteiger partial charge in [0.15, 0.2) is 0 Å². The highest BCUT2D eigenvalue weighted by Crippen LogP contribution is 2.22. The molecule has 1 aromatic rings. The second-order valence-corrected chi connectivity index (χ2v) is 4.40. The lowest BCUT2D eigenvalue weighted by molar-refractivity contribution is 0.402. The first kappa shape index (κ1) is 12.9. The molecule has 1 unspecified atom stereocenters. The van der Waals surface area contributed by atoms with Gasteiger partial charge in [-0.05, 0) is 37.8 Å². The molecule has 0 saturated heterocycles. The van der Waals surface area contributed by atoms with E-state index in [2.05, 4.69) is 22.7 Å². The van der Waals surface area contributed by atoms with Gasteiger partial charge in [0.05, 0.1) is 13.2 Å². The summed E-state index contributed by atoms with van der Waals surface area (Å²) in [5.41, 5.74) is 0. The van der Waals surface area contributed by atoms with Gasteiger partial charge in [0.1, 0.15) is 0 Å². The van der Waals surface area contributed by atoms with Gasteiger partial charge in [0.2, 0.25) is 5.88 Å². The van der Waals surface area contributed by atoms with Gasteiger partial charge in [-0.2, -0.15) is 9.64 Å². The highest BCUT2D eigenvalue weighted by Gasteiger charge is 2.09. The van der Waals surface area contributed by atoms with Gasteiger partial charge < -0.3 is 10.1 Å². The third-order valence-electron chi connectivity index (χ3n) is 2.31. The minimum Gasteiger partial charge on any atom is -0.480 e. The van der Waals surface area contributed by atoms with E-state index in [1.807, 2.05) is 6.07 Å². The molecule has 0 fully saturated rings. The standard InChI is InChI=1S/C11H17N3OS/c1-9(13-7-5-3-4-6-12)10-8-11(15-2)14-16-10/h8-9,13H,3-5,7H2,1-2H3. The summed E-state index contributed by atoms with van der Waals surface area (Å²) in [5, 5.41) is 11.8. The molecule has 0 aliphatic heterocycles. The van der Waals surface area contributed by atoms with Crippen LogP contribution in [0.25, 0.3) is 0 Å². The van der Waals surface area contributed by atoms with E-state index in [0.29, 0.717) is 18.3 Å². The van der Waals surface area contributed by atoms with Crippen molar-refractivity contribution < 1.29 is 4.74 Å². The molecule has 0 aromatic carbocycles. The van der Waals surface area contributed by atoms with Crippen LogP contribution in [0.3, 0.4) is 0 Å². The summed E-state index contributed by atoms with van der Waals surface area (Å²) in [7, 11) is 1.62. The van der Waals surface area contributed by atoms with E-state index in [4.69, 9.17) is 10.00 Å². The molecule has 0 aliphatic carbocycles. The van der Waals surface area contributed by atoms with Crippen molar-refractivity contribution in [1.82, 2.24) is 9.69 Å². The minimum atomic E-state index is 0.295. The molecular weight excluding hydrogens is 222 g/mol. The van der Waals surface area contributed by atoms with E-state index in [-0.39, 0.29) is 0 Å². The van der Waals surface area contributed by atoms with Crippen LogP contribution in [0.2, 0.25) is 0 Å². The number of nitrogens with zero attached hydrogens (tertiary/aromatic N) is 2. The van der Waals surface area contributed by atoms with Crippen LogP contribution in [-0.2, 0) is 0 Å². The van der Waals surface area contributed by atoms with Crippen LogP contribution in [0.1, 0.15) is 37.1 Å². The van der Waals surface area contributed by atoms with Gasteiger partial charge in [-0.15, -0.1) is 0 Å². The monoisotopic (exact) mass is 239 g/mol. The smallest absolute Gasteiger partial charge is 0.225 e. The molecule has 5 heteroatoms. The predicted octanol–water partition coefficient (Wildman–Crippen LogP) is 2.50. The maximum atomic E-state index is 8.39. The Bertz CT molecular complexity index is 345. The summed E-state index contributed by atoms with van der Waals surface area (Å²) in [6.07, 6.45) is 2.64. The number of hydrogen-bond acceptors (Lipinski definition) is 5. The predicted molar refractivity (Wildman–Crippen MR) is 64.5 cm³/mol. The Balaban J connectivity index is 2.24. The van der Waals surface area contributed by atoms with Gasteiger partial charge in [0.25, 0.3) is 0 Å². The summed E-state index contributed by atoms with van der Waals surface area (Å²) >= 11 is 1.46. The first-order valence-electron chi connectivity index (χ1n) is 5.39. The van der Waals surface area contributed by atoms with Crippen LogP contribution in [0.4, 0.5) is 0 Å². The molecule has 88 valence electrons. The Hall–Kier alpha value is -1.12. The summed E-state index contributed by atoms with van der Waals surface area (Å²) in [6, 6.07) is 4.40. The van der Waals surface area contributed by atoms with E-state index >= 15 is 0 Å². The highest BCUT2D eigenvalue weighted by atomic mass is 32.1. The normalized spacial score (nSPS) is 12.1. The van der Waals surface area contributed by atoms with Crippen LogP contribution < -0.4 is 10.1 Å². The second kappa shape index (κ2) is 7.20. The van der Waals surface area contributed by atoms with Gasteiger partial charge in [-0.25, -0.2) is 0 Å². The van der Waals surface area contributed by atoms with Crippen LogP contribution in [-0.4, -0.2) is 18.0 Å². The van der Waals surface area contributed by atoms with Crippen LogP contribution in [0.5, 0.6) is 5.88 Å². The number of methoxy groups -OCH3 is 1. The molecule has 0 spiro atoms. The average Bonchev–Trinajstić information content (AvgIpc) is 2.77. The summed E-state index contributed by atoms with van der Waals surface area (Å²) in [6.45, 7) is 3.04. The molecule has 0 saturated carbocycles. The van der Waals surface area contributed by atoms with Gasteiger partial charge in [-0.3, -0.25) is 0 Å². The van der Waals surface area contributed by atoms with Gasteiger partial charge >= 0.3 is 0 Å². The zero-order valence-electron chi connectivity index (χ0n) is 9.69. The lowest BCUT2D eigenvalue weighted by atomic mass is 10.2. The lowest BCUT2D eigenvalue weighted by Crippen LogP contribution is -2.18. The van der Waals surface area contributed by atoms with Gasteiger partial charge in [0, 0.05) is 23.4 Å². The molecule has 1 rings (SSSR count). The third-order valence-corrected chi connectivity index (χ3v) is 3.26. The van der Waals surface area contributed by atoms with Crippen molar-refractivity contribution >= 4 is 11.5 Å². The molecule has 1 heterocycles. The number of ether oxygens (including phenoxy) is 1. The van der Waals surface area contributed by atoms with Crippen molar-refractivity contribution in [3.05, 3.63) is 10.9 Å². The number of aromatic nitrogens is 1. The Morgan fingerprint density at radius 1 is 1.62 bits per heavy atom. The quantitative estimate of drug-likeness (QED) is 0.743. The molecule has 16 heavy (non-hydrogen) atoms. The van der Waals surface area contributed by atoms with Crippen molar-refractivity contribution in [2.24, 2.45) is 0 Å². The zero-order valence-corrected chi connectivity index (χ0v) is 10.5. The number of nitriles is 1. The van der Waals surface area contributed by atoms with Crippen molar-refractivity contribution in [1.29, 1.82) is 5.26 Å². The largest absolute Gasteiger partial charge is 0.480 e. The van der Waals surface area contributed by atoms with Crippen molar-refractivity contribution in [3.8, 4) is 11.9 Å². The van der Waals surface area contributed by atoms with Crippen LogP contribution in [0, 0.1) is 11.3 Å². The van der Waals surface area contributed by atoms with E-state index in [1.165, 1.54) is 16.4 Å². The van der Waals surface area contributed by atoms with Crippen molar-refractivity contribution in [2.75, 3.05) is 13.7 Å². The van der Waals surface area contributed by atoms with E-state index in [9.17, 15) is 0 Å². The third kappa shape index (κ3) is 4.17.